The topological polar surface area (TPSA) is 76.0 Å². The third-order valence-corrected chi connectivity index (χ3v) is 6.16. The van der Waals surface area contributed by atoms with Crippen LogP contribution in [-0.4, -0.2) is 73.1 Å². The van der Waals surface area contributed by atoms with Gasteiger partial charge in [0, 0.05) is 45.2 Å². The smallest absolute Gasteiger partial charge is 0.268 e. The van der Waals surface area contributed by atoms with Gasteiger partial charge in [-0.25, -0.2) is 0 Å². The molecule has 8 nitrogen and oxygen atoms in total. The van der Waals surface area contributed by atoms with Gasteiger partial charge in [-0.05, 0) is 23.8 Å². The van der Waals surface area contributed by atoms with Crippen LogP contribution in [0, 0.1) is 0 Å². The molecule has 1 fully saturated rings. The molecule has 0 radical (unpaired) electrons. The molecule has 1 aromatic heterocycles. The number of rotatable bonds is 7. The van der Waals surface area contributed by atoms with Gasteiger partial charge < -0.3 is 24.3 Å². The third kappa shape index (κ3) is 4.80. The second kappa shape index (κ2) is 9.95. The highest BCUT2D eigenvalue weighted by atomic mass is 16.5. The molecular weight excluding hydrogens is 420 g/mol. The van der Waals surface area contributed by atoms with Crippen molar-refractivity contribution in [2.75, 3.05) is 46.9 Å². The first-order chi connectivity index (χ1) is 16.0. The second-order valence-corrected chi connectivity index (χ2v) is 8.15. The zero-order valence-corrected chi connectivity index (χ0v) is 19.3. The minimum Gasteiger partial charge on any atom is -0.496 e. The quantitative estimate of drug-likeness (QED) is 0.598. The number of ether oxygens (including phenoxy) is 2. The Morgan fingerprint density at radius 3 is 2.27 bits per heavy atom. The van der Waals surface area contributed by atoms with E-state index in [1.54, 1.807) is 31.9 Å². The summed E-state index contributed by atoms with van der Waals surface area (Å²) in [6.07, 6.45) is 0. The normalized spacial score (nSPS) is 14.3. The highest BCUT2D eigenvalue weighted by Crippen LogP contribution is 2.35. The van der Waals surface area contributed by atoms with Crippen LogP contribution in [-0.2, 0) is 18.4 Å². The van der Waals surface area contributed by atoms with E-state index in [1.165, 1.54) is 5.56 Å². The number of carbonyl (C=O) groups excluding carboxylic acids is 2. The first-order valence-corrected chi connectivity index (χ1v) is 11.0. The van der Waals surface area contributed by atoms with Gasteiger partial charge in [0.1, 0.15) is 17.2 Å². The van der Waals surface area contributed by atoms with Crippen LogP contribution in [0.15, 0.2) is 48.5 Å². The van der Waals surface area contributed by atoms with E-state index >= 15 is 0 Å². The Morgan fingerprint density at radius 2 is 1.61 bits per heavy atom. The van der Waals surface area contributed by atoms with Crippen molar-refractivity contribution < 1.29 is 19.1 Å². The molecule has 0 saturated carbocycles. The Balaban J connectivity index is 1.35. The summed E-state index contributed by atoms with van der Waals surface area (Å²) in [6.45, 7) is 3.80. The number of nitrogens with zero attached hydrogens (tertiary/aromatic N) is 3. The van der Waals surface area contributed by atoms with Crippen molar-refractivity contribution in [1.82, 2.24) is 19.7 Å². The summed E-state index contributed by atoms with van der Waals surface area (Å²) in [4.78, 5) is 29.7. The van der Waals surface area contributed by atoms with E-state index < -0.39 is 0 Å². The average molecular weight is 451 g/mol. The van der Waals surface area contributed by atoms with Crippen molar-refractivity contribution in [3.05, 3.63) is 59.8 Å². The lowest BCUT2D eigenvalue weighted by atomic mass is 10.2. The number of hydrogen-bond donors (Lipinski definition) is 1. The average Bonchev–Trinajstić information content (AvgIpc) is 3.20. The molecule has 0 bridgehead atoms. The van der Waals surface area contributed by atoms with Crippen LogP contribution >= 0.6 is 0 Å². The maximum absolute atomic E-state index is 12.9. The maximum Gasteiger partial charge on any atom is 0.268 e. The van der Waals surface area contributed by atoms with E-state index in [4.69, 9.17) is 9.47 Å². The molecule has 1 saturated heterocycles. The minimum absolute atomic E-state index is 0.0344. The monoisotopic (exact) mass is 450 g/mol. The van der Waals surface area contributed by atoms with Crippen LogP contribution in [0.4, 0.5) is 0 Å². The first kappa shape index (κ1) is 22.7. The first-order valence-electron chi connectivity index (χ1n) is 11.0. The van der Waals surface area contributed by atoms with Gasteiger partial charge in [-0.15, -0.1) is 0 Å². The predicted molar refractivity (Wildman–Crippen MR) is 127 cm³/mol. The molecule has 33 heavy (non-hydrogen) atoms. The number of hydrogen-bond acceptors (Lipinski definition) is 5. The largest absolute Gasteiger partial charge is 0.496 e. The van der Waals surface area contributed by atoms with Gasteiger partial charge in [0.25, 0.3) is 5.91 Å². The van der Waals surface area contributed by atoms with Crippen molar-refractivity contribution in [2.24, 2.45) is 7.05 Å². The predicted octanol–water partition coefficient (Wildman–Crippen LogP) is 2.27. The minimum atomic E-state index is -0.311. The highest BCUT2D eigenvalue weighted by Gasteiger charge is 2.23. The zero-order valence-electron chi connectivity index (χ0n) is 19.3. The Hall–Kier alpha value is -3.52. The Bertz CT molecular complexity index is 1130. The molecule has 1 N–H and O–H groups in total. The molecule has 1 aliphatic heterocycles. The third-order valence-electron chi connectivity index (χ3n) is 6.16. The van der Waals surface area contributed by atoms with E-state index in [2.05, 4.69) is 22.3 Å². The molecule has 0 spiro atoms. The van der Waals surface area contributed by atoms with Gasteiger partial charge in [-0.1, -0.05) is 30.3 Å². The Kier molecular flexibility index (Phi) is 6.84. The van der Waals surface area contributed by atoms with E-state index in [0.717, 1.165) is 30.5 Å². The molecule has 2 aromatic carbocycles. The summed E-state index contributed by atoms with van der Waals surface area (Å²) in [5.74, 6) is 0.923. The molecule has 2 heterocycles. The summed E-state index contributed by atoms with van der Waals surface area (Å²) >= 11 is 0. The number of methoxy groups -OCH3 is 2. The molecule has 4 rings (SSSR count). The van der Waals surface area contributed by atoms with Gasteiger partial charge in [0.15, 0.2) is 0 Å². The molecule has 2 amide bonds. The van der Waals surface area contributed by atoms with Crippen molar-refractivity contribution in [3.8, 4) is 11.5 Å². The standard InChI is InChI=1S/C25H30N4O4/c1-27-20(15-19-21(32-2)9-10-22(33-3)24(19)27)25(31)26-16-23(30)29-13-11-28(12-14-29)17-18-7-5-4-6-8-18/h4-10,15H,11-14,16-17H2,1-3H3,(H,26,31). The van der Waals surface area contributed by atoms with Crippen LogP contribution in [0.5, 0.6) is 11.5 Å². The van der Waals surface area contributed by atoms with Gasteiger partial charge >= 0.3 is 0 Å². The number of fused-ring (bicyclic) bond motifs is 1. The van der Waals surface area contributed by atoms with Crippen molar-refractivity contribution in [2.45, 2.75) is 6.54 Å². The van der Waals surface area contributed by atoms with Crippen LogP contribution in [0.3, 0.4) is 0 Å². The summed E-state index contributed by atoms with van der Waals surface area (Å²) in [5.41, 5.74) is 2.48. The number of amides is 2. The fourth-order valence-corrected chi connectivity index (χ4v) is 4.32. The second-order valence-electron chi connectivity index (χ2n) is 8.15. The molecule has 8 heteroatoms. The summed E-state index contributed by atoms with van der Waals surface area (Å²) in [5, 5.41) is 3.56. The number of aryl methyl sites for hydroxylation is 1. The molecule has 174 valence electrons. The van der Waals surface area contributed by atoms with Gasteiger partial charge in [-0.2, -0.15) is 0 Å². The number of carbonyl (C=O) groups is 2. The van der Waals surface area contributed by atoms with Crippen LogP contribution in [0.25, 0.3) is 10.9 Å². The molecule has 0 atom stereocenters. The zero-order chi connectivity index (χ0) is 23.4. The van der Waals surface area contributed by atoms with Crippen molar-refractivity contribution in [3.63, 3.8) is 0 Å². The molecule has 3 aromatic rings. The number of aromatic nitrogens is 1. The van der Waals surface area contributed by atoms with Crippen LogP contribution < -0.4 is 14.8 Å². The number of nitrogens with one attached hydrogen (secondary N) is 1. The van der Waals surface area contributed by atoms with E-state index in [1.807, 2.05) is 35.2 Å². The lowest BCUT2D eigenvalue weighted by Crippen LogP contribution is -2.50. The summed E-state index contributed by atoms with van der Waals surface area (Å²) in [7, 11) is 4.98. The summed E-state index contributed by atoms with van der Waals surface area (Å²) in [6, 6.07) is 15.7. The van der Waals surface area contributed by atoms with Crippen LogP contribution in [0.1, 0.15) is 16.1 Å². The SMILES string of the molecule is COc1ccc(OC)c2c1cc(C(=O)NCC(=O)N1CCN(Cc3ccccc3)CC1)n2C. The van der Waals surface area contributed by atoms with Gasteiger partial charge in [0.05, 0.1) is 26.3 Å². The van der Waals surface area contributed by atoms with Crippen molar-refractivity contribution >= 4 is 22.7 Å². The van der Waals surface area contributed by atoms with Crippen LogP contribution in [0.2, 0.25) is 0 Å². The fraction of sp³-hybridized carbons (Fsp3) is 0.360. The lowest BCUT2D eigenvalue weighted by molar-refractivity contribution is -0.131. The lowest BCUT2D eigenvalue weighted by Gasteiger charge is -2.34. The van der Waals surface area contributed by atoms with E-state index in [-0.39, 0.29) is 18.4 Å². The molecular formula is C25H30N4O4. The molecule has 0 aliphatic carbocycles. The maximum atomic E-state index is 12.9. The number of piperazine rings is 1. The van der Waals surface area contributed by atoms with E-state index in [9.17, 15) is 9.59 Å². The Morgan fingerprint density at radius 1 is 0.939 bits per heavy atom. The number of benzene rings is 2. The van der Waals surface area contributed by atoms with Gasteiger partial charge in [-0.3, -0.25) is 14.5 Å². The summed E-state index contributed by atoms with van der Waals surface area (Å²) < 4.78 is 12.6. The molecule has 1 aliphatic rings. The van der Waals surface area contributed by atoms with E-state index in [0.29, 0.717) is 30.3 Å². The fourth-order valence-electron chi connectivity index (χ4n) is 4.32. The Labute approximate surface area is 193 Å². The van der Waals surface area contributed by atoms with Gasteiger partial charge in [0.2, 0.25) is 5.91 Å². The van der Waals surface area contributed by atoms with Crippen molar-refractivity contribution in [1.29, 1.82) is 0 Å². The highest BCUT2D eigenvalue weighted by molar-refractivity contribution is 6.03. The molecule has 0 unspecified atom stereocenters.